The van der Waals surface area contributed by atoms with Gasteiger partial charge >= 0.3 is 0 Å². The van der Waals surface area contributed by atoms with Crippen LogP contribution >= 0.6 is 12.2 Å². The highest BCUT2D eigenvalue weighted by molar-refractivity contribution is 7.78. The summed E-state index contributed by atoms with van der Waals surface area (Å²) in [6, 6.07) is 0. The van der Waals surface area contributed by atoms with Gasteiger partial charge in [-0.15, -0.1) is 0 Å². The molecule has 0 rings (SSSR count). The standard InChI is InChI=1S/C4H8NOS/c1-4(6-2)5-3-7/h4H,1-2H3,(H,5,7). The minimum atomic E-state index is -0.0162. The molecule has 0 aromatic rings. The second-order valence-corrected chi connectivity index (χ2v) is 1.33. The second-order valence-electron chi connectivity index (χ2n) is 1.12. The van der Waals surface area contributed by atoms with Crippen molar-refractivity contribution in [2.75, 3.05) is 7.11 Å². The molecular formula is C4H8NOS. The van der Waals surface area contributed by atoms with E-state index in [0.717, 1.165) is 0 Å². The van der Waals surface area contributed by atoms with Crippen LogP contribution in [-0.2, 0) is 4.74 Å². The molecule has 1 unspecified atom stereocenters. The van der Waals surface area contributed by atoms with E-state index in [9.17, 15) is 0 Å². The smallest absolute Gasteiger partial charge is 0.136 e. The van der Waals surface area contributed by atoms with Crippen LogP contribution < -0.4 is 5.32 Å². The molecule has 1 atom stereocenters. The van der Waals surface area contributed by atoms with Gasteiger partial charge in [-0.1, -0.05) is 12.2 Å². The van der Waals surface area contributed by atoms with E-state index in [1.165, 1.54) is 0 Å². The van der Waals surface area contributed by atoms with Gasteiger partial charge in [0.2, 0.25) is 0 Å². The highest BCUT2D eigenvalue weighted by Gasteiger charge is 1.88. The zero-order valence-electron chi connectivity index (χ0n) is 4.39. The maximum Gasteiger partial charge on any atom is 0.136 e. The molecule has 1 N–H and O–H groups in total. The fourth-order valence-electron chi connectivity index (χ4n) is 0.142. The normalized spacial score (nSPS) is 12.9. The van der Waals surface area contributed by atoms with Gasteiger partial charge in [-0.05, 0) is 6.92 Å². The Bertz CT molecular complexity index is 57.7. The van der Waals surface area contributed by atoms with Crippen LogP contribution in [0.2, 0.25) is 0 Å². The number of methoxy groups -OCH3 is 1. The molecule has 41 valence electrons. The number of rotatable bonds is 3. The molecule has 0 spiro atoms. The maximum absolute atomic E-state index is 4.75. The van der Waals surface area contributed by atoms with Crippen molar-refractivity contribution in [3.05, 3.63) is 0 Å². The highest BCUT2D eigenvalue weighted by Crippen LogP contribution is 1.75. The maximum atomic E-state index is 4.75. The Morgan fingerprint density at radius 2 is 2.43 bits per heavy atom. The van der Waals surface area contributed by atoms with Crippen LogP contribution in [0.5, 0.6) is 0 Å². The third-order valence-corrected chi connectivity index (χ3v) is 0.734. The number of ether oxygens (including phenoxy) is 1. The van der Waals surface area contributed by atoms with Crippen LogP contribution in [0.4, 0.5) is 0 Å². The van der Waals surface area contributed by atoms with Crippen LogP contribution in [0.1, 0.15) is 6.92 Å². The summed E-state index contributed by atoms with van der Waals surface area (Å²) in [7, 11) is 1.60. The second kappa shape index (κ2) is 4.02. The molecule has 0 bridgehead atoms. The quantitative estimate of drug-likeness (QED) is 0.329. The average molecular weight is 118 g/mol. The summed E-state index contributed by atoms with van der Waals surface area (Å²) in [6.07, 6.45) is -0.0162. The number of hydrogen-bond donors (Lipinski definition) is 1. The Kier molecular flexibility index (Phi) is 3.93. The van der Waals surface area contributed by atoms with Crippen LogP contribution in [0, 0.1) is 0 Å². The first-order chi connectivity index (χ1) is 3.31. The van der Waals surface area contributed by atoms with Crippen molar-refractivity contribution in [3.63, 3.8) is 0 Å². The van der Waals surface area contributed by atoms with Gasteiger partial charge < -0.3 is 10.1 Å². The summed E-state index contributed by atoms with van der Waals surface area (Å²) in [5.41, 5.74) is 2.33. The van der Waals surface area contributed by atoms with Crippen molar-refractivity contribution in [3.8, 4) is 0 Å². The van der Waals surface area contributed by atoms with Crippen molar-refractivity contribution < 1.29 is 4.74 Å². The number of thiocarbonyl (C=S) groups is 1. The summed E-state index contributed by atoms with van der Waals surface area (Å²) in [4.78, 5) is 0. The minimum absolute atomic E-state index is 0.0162. The minimum Gasteiger partial charge on any atom is -0.362 e. The van der Waals surface area contributed by atoms with Gasteiger partial charge in [0.1, 0.15) is 11.7 Å². The fraction of sp³-hybridized carbons (Fsp3) is 0.750. The average Bonchev–Trinajstić information content (AvgIpc) is 1.68. The predicted molar refractivity (Wildman–Crippen MR) is 32.2 cm³/mol. The third kappa shape index (κ3) is 3.69. The SMILES string of the molecule is COC(C)N[C]=S. The summed E-state index contributed by atoms with van der Waals surface area (Å²) >= 11 is 4.35. The van der Waals surface area contributed by atoms with Gasteiger partial charge in [0.05, 0.1) is 0 Å². The van der Waals surface area contributed by atoms with Crippen molar-refractivity contribution in [2.45, 2.75) is 13.2 Å². The van der Waals surface area contributed by atoms with E-state index in [2.05, 4.69) is 23.0 Å². The highest BCUT2D eigenvalue weighted by atomic mass is 32.1. The van der Waals surface area contributed by atoms with E-state index < -0.39 is 0 Å². The predicted octanol–water partition coefficient (Wildman–Crippen LogP) is 0.403. The Balaban J connectivity index is 2.98. The molecule has 0 aliphatic rings. The first-order valence-electron chi connectivity index (χ1n) is 1.96. The van der Waals surface area contributed by atoms with E-state index in [-0.39, 0.29) is 6.23 Å². The van der Waals surface area contributed by atoms with Gasteiger partial charge in [0.25, 0.3) is 0 Å². The van der Waals surface area contributed by atoms with E-state index >= 15 is 0 Å². The number of nitrogens with one attached hydrogen (secondary N) is 1. The summed E-state index contributed by atoms with van der Waals surface area (Å²) in [5.74, 6) is 0. The molecule has 0 saturated carbocycles. The molecule has 0 aromatic heterocycles. The monoisotopic (exact) mass is 118 g/mol. The van der Waals surface area contributed by atoms with Crippen molar-refractivity contribution in [2.24, 2.45) is 0 Å². The third-order valence-electron chi connectivity index (χ3n) is 0.616. The molecule has 0 amide bonds. The van der Waals surface area contributed by atoms with Crippen LogP contribution in [0.15, 0.2) is 0 Å². The summed E-state index contributed by atoms with van der Waals surface area (Å²) < 4.78 is 4.75. The van der Waals surface area contributed by atoms with E-state index in [1.54, 1.807) is 7.11 Å². The van der Waals surface area contributed by atoms with Crippen LogP contribution in [0.3, 0.4) is 0 Å². The topological polar surface area (TPSA) is 21.3 Å². The zero-order valence-corrected chi connectivity index (χ0v) is 5.21. The van der Waals surface area contributed by atoms with Gasteiger partial charge in [0.15, 0.2) is 0 Å². The lowest BCUT2D eigenvalue weighted by Crippen LogP contribution is -2.24. The van der Waals surface area contributed by atoms with Crippen molar-refractivity contribution in [1.29, 1.82) is 0 Å². The van der Waals surface area contributed by atoms with Crippen molar-refractivity contribution >= 4 is 17.7 Å². The zero-order chi connectivity index (χ0) is 5.70. The molecule has 2 nitrogen and oxygen atoms in total. The lowest BCUT2D eigenvalue weighted by molar-refractivity contribution is 0.108. The Hall–Kier alpha value is -0.150. The first kappa shape index (κ1) is 6.85. The van der Waals surface area contributed by atoms with Gasteiger partial charge in [-0.2, -0.15) is 0 Å². The Morgan fingerprint density at radius 1 is 1.86 bits per heavy atom. The lowest BCUT2D eigenvalue weighted by atomic mass is 10.7. The molecule has 0 aliphatic heterocycles. The summed E-state index contributed by atoms with van der Waals surface area (Å²) in [6.45, 7) is 1.85. The van der Waals surface area contributed by atoms with Crippen molar-refractivity contribution in [1.82, 2.24) is 5.32 Å². The van der Waals surface area contributed by atoms with E-state index in [0.29, 0.717) is 0 Å². The summed E-state index contributed by atoms with van der Waals surface area (Å²) in [5, 5.41) is 2.64. The lowest BCUT2D eigenvalue weighted by Gasteiger charge is -2.05. The van der Waals surface area contributed by atoms with Crippen LogP contribution in [-0.4, -0.2) is 18.8 Å². The van der Waals surface area contributed by atoms with Crippen LogP contribution in [0.25, 0.3) is 0 Å². The molecule has 0 aliphatic carbocycles. The molecule has 0 heterocycles. The number of hydrogen-bond acceptors (Lipinski definition) is 2. The molecule has 1 radical (unpaired) electrons. The van der Waals surface area contributed by atoms with Gasteiger partial charge in [-0.25, -0.2) is 0 Å². The molecule has 7 heavy (non-hydrogen) atoms. The Labute approximate surface area is 48.9 Å². The Morgan fingerprint density at radius 3 is 2.57 bits per heavy atom. The first-order valence-corrected chi connectivity index (χ1v) is 2.37. The van der Waals surface area contributed by atoms with E-state index in [4.69, 9.17) is 4.74 Å². The largest absolute Gasteiger partial charge is 0.362 e. The van der Waals surface area contributed by atoms with E-state index in [1.807, 2.05) is 6.92 Å². The fourth-order valence-corrected chi connectivity index (χ4v) is 0.308. The molecule has 0 fully saturated rings. The molecule has 3 heteroatoms. The van der Waals surface area contributed by atoms with Gasteiger partial charge in [-0.3, -0.25) is 0 Å². The van der Waals surface area contributed by atoms with Gasteiger partial charge in [0, 0.05) is 7.11 Å². The molecule has 0 aromatic carbocycles. The molecule has 0 saturated heterocycles. The molecular weight excluding hydrogens is 110 g/mol.